The first-order valence-electron chi connectivity index (χ1n) is 8.28. The molecule has 0 radical (unpaired) electrons. The van der Waals surface area contributed by atoms with Crippen molar-refractivity contribution in [2.75, 3.05) is 6.61 Å². The lowest BCUT2D eigenvalue weighted by Gasteiger charge is -2.19. The molecule has 0 spiro atoms. The largest absolute Gasteiger partial charge is 0.457 e. The Labute approximate surface area is 159 Å². The van der Waals surface area contributed by atoms with E-state index in [1.807, 2.05) is 6.92 Å². The van der Waals surface area contributed by atoms with Gasteiger partial charge in [-0.25, -0.2) is 18.7 Å². The summed E-state index contributed by atoms with van der Waals surface area (Å²) in [6.45, 7) is 6.59. The van der Waals surface area contributed by atoms with E-state index in [1.54, 1.807) is 43.7 Å². The van der Waals surface area contributed by atoms with Crippen molar-refractivity contribution in [1.29, 1.82) is 0 Å². The van der Waals surface area contributed by atoms with Crippen LogP contribution in [0.1, 0.15) is 36.1 Å². The summed E-state index contributed by atoms with van der Waals surface area (Å²) in [5, 5.41) is 5.24. The number of hydrogen-bond acceptors (Lipinski definition) is 6. The van der Waals surface area contributed by atoms with E-state index in [0.29, 0.717) is 10.6 Å². The topological polar surface area (TPSA) is 70.4 Å². The van der Waals surface area contributed by atoms with E-state index < -0.39 is 24.1 Å². The number of fused-ring (bicyclic) bond motifs is 1. The van der Waals surface area contributed by atoms with E-state index in [1.165, 1.54) is 23.5 Å². The number of ether oxygens (including phenoxy) is 2. The first kappa shape index (κ1) is 19.0. The SMILES string of the molecule is Cc1nn(-c2ccc(F)cc2)c2sc(C(=O)OCC(=O)OC(C)(C)C)cc12. The zero-order valence-corrected chi connectivity index (χ0v) is 16.2. The van der Waals surface area contributed by atoms with Gasteiger partial charge in [0.25, 0.3) is 0 Å². The number of hydrogen-bond donors (Lipinski definition) is 0. The zero-order valence-electron chi connectivity index (χ0n) is 15.4. The van der Waals surface area contributed by atoms with E-state index in [4.69, 9.17) is 9.47 Å². The molecule has 0 amide bonds. The highest BCUT2D eigenvalue weighted by atomic mass is 32.1. The van der Waals surface area contributed by atoms with Crippen molar-refractivity contribution in [2.24, 2.45) is 0 Å². The fourth-order valence-corrected chi connectivity index (χ4v) is 3.55. The van der Waals surface area contributed by atoms with Crippen LogP contribution in [0.3, 0.4) is 0 Å². The van der Waals surface area contributed by atoms with Crippen LogP contribution < -0.4 is 0 Å². The Hall–Kier alpha value is -2.74. The van der Waals surface area contributed by atoms with Crippen molar-refractivity contribution in [2.45, 2.75) is 33.3 Å². The standard InChI is InChI=1S/C19H19FN2O4S/c1-11-14-9-15(18(24)25-10-16(23)26-19(2,3)4)27-17(14)22(21-11)13-7-5-12(20)6-8-13/h5-9H,10H2,1-4H3. The third-order valence-electron chi connectivity index (χ3n) is 3.56. The van der Waals surface area contributed by atoms with Crippen LogP contribution in [0.15, 0.2) is 30.3 Å². The molecule has 0 atom stereocenters. The van der Waals surface area contributed by atoms with Crippen LogP contribution in [0.25, 0.3) is 15.9 Å². The molecule has 0 saturated heterocycles. The van der Waals surface area contributed by atoms with Crippen LogP contribution in [0.4, 0.5) is 4.39 Å². The molecule has 2 heterocycles. The molecule has 8 heteroatoms. The predicted octanol–water partition coefficient (Wildman–Crippen LogP) is 4.03. The average Bonchev–Trinajstić information content (AvgIpc) is 3.13. The Bertz CT molecular complexity index is 999. The molecule has 0 unspecified atom stereocenters. The van der Waals surface area contributed by atoms with Crippen molar-refractivity contribution in [3.05, 3.63) is 46.7 Å². The van der Waals surface area contributed by atoms with Gasteiger partial charge in [-0.2, -0.15) is 5.10 Å². The van der Waals surface area contributed by atoms with Gasteiger partial charge in [-0.1, -0.05) is 0 Å². The second kappa shape index (κ2) is 7.11. The summed E-state index contributed by atoms with van der Waals surface area (Å²) in [5.41, 5.74) is 0.776. The van der Waals surface area contributed by atoms with Gasteiger partial charge in [-0.3, -0.25) is 0 Å². The molecule has 1 aromatic carbocycles. The first-order chi connectivity index (χ1) is 12.6. The van der Waals surface area contributed by atoms with Crippen molar-refractivity contribution in [1.82, 2.24) is 9.78 Å². The van der Waals surface area contributed by atoms with Crippen LogP contribution in [0.2, 0.25) is 0 Å². The molecule has 0 bridgehead atoms. The van der Waals surface area contributed by atoms with Crippen molar-refractivity contribution >= 4 is 33.5 Å². The van der Waals surface area contributed by atoms with Crippen molar-refractivity contribution in [3.8, 4) is 5.69 Å². The zero-order chi connectivity index (χ0) is 19.8. The molecule has 27 heavy (non-hydrogen) atoms. The van der Waals surface area contributed by atoms with Crippen molar-refractivity contribution < 1.29 is 23.5 Å². The maximum absolute atomic E-state index is 13.2. The minimum Gasteiger partial charge on any atom is -0.457 e. The van der Waals surface area contributed by atoms with E-state index >= 15 is 0 Å². The quantitative estimate of drug-likeness (QED) is 0.629. The second-order valence-electron chi connectivity index (χ2n) is 6.97. The van der Waals surface area contributed by atoms with Crippen LogP contribution in [0, 0.1) is 12.7 Å². The lowest BCUT2D eigenvalue weighted by atomic mass is 10.2. The Kier molecular flexibility index (Phi) is 5.01. The molecule has 0 aliphatic rings. The number of esters is 2. The van der Waals surface area contributed by atoms with E-state index in [9.17, 15) is 14.0 Å². The monoisotopic (exact) mass is 390 g/mol. The summed E-state index contributed by atoms with van der Waals surface area (Å²) in [4.78, 5) is 25.1. The number of nitrogens with zero attached hydrogens (tertiary/aromatic N) is 2. The predicted molar refractivity (Wildman–Crippen MR) is 99.8 cm³/mol. The first-order valence-corrected chi connectivity index (χ1v) is 9.10. The Morgan fingerprint density at radius 2 is 1.89 bits per heavy atom. The molecule has 0 aliphatic carbocycles. The van der Waals surface area contributed by atoms with Gasteiger partial charge in [-0.15, -0.1) is 11.3 Å². The van der Waals surface area contributed by atoms with Gasteiger partial charge in [0.05, 0.1) is 11.4 Å². The highest BCUT2D eigenvalue weighted by Crippen LogP contribution is 2.30. The summed E-state index contributed by atoms with van der Waals surface area (Å²) in [7, 11) is 0. The minimum absolute atomic E-state index is 0.337. The smallest absolute Gasteiger partial charge is 0.348 e. The number of aryl methyl sites for hydroxylation is 1. The summed E-state index contributed by atoms with van der Waals surface area (Å²) in [6, 6.07) is 7.60. The van der Waals surface area contributed by atoms with Gasteiger partial charge >= 0.3 is 11.9 Å². The second-order valence-corrected chi connectivity index (χ2v) is 8.00. The third-order valence-corrected chi connectivity index (χ3v) is 4.65. The maximum atomic E-state index is 13.2. The maximum Gasteiger partial charge on any atom is 0.348 e. The highest BCUT2D eigenvalue weighted by molar-refractivity contribution is 7.20. The fraction of sp³-hybridized carbons (Fsp3) is 0.316. The van der Waals surface area contributed by atoms with E-state index in [-0.39, 0.29) is 5.82 Å². The molecule has 0 N–H and O–H groups in total. The third kappa shape index (κ3) is 4.33. The molecular formula is C19H19FN2O4S. The molecule has 0 aliphatic heterocycles. The molecule has 3 rings (SSSR count). The number of thiophene rings is 1. The van der Waals surface area contributed by atoms with Gasteiger partial charge in [0.2, 0.25) is 0 Å². The molecular weight excluding hydrogens is 371 g/mol. The van der Waals surface area contributed by atoms with Gasteiger partial charge in [0.1, 0.15) is 21.1 Å². The lowest BCUT2D eigenvalue weighted by Crippen LogP contribution is -2.27. The Balaban J connectivity index is 1.80. The molecule has 6 nitrogen and oxygen atoms in total. The average molecular weight is 390 g/mol. The minimum atomic E-state index is -0.642. The van der Waals surface area contributed by atoms with Crippen LogP contribution >= 0.6 is 11.3 Å². The highest BCUT2D eigenvalue weighted by Gasteiger charge is 2.21. The molecule has 0 saturated carbocycles. The van der Waals surface area contributed by atoms with Crippen molar-refractivity contribution in [3.63, 3.8) is 0 Å². The van der Waals surface area contributed by atoms with Gasteiger partial charge < -0.3 is 9.47 Å². The number of carbonyl (C=O) groups excluding carboxylic acids is 2. The normalized spacial score (nSPS) is 11.6. The number of halogens is 1. The summed E-state index contributed by atoms with van der Waals surface area (Å²) < 4.78 is 25.0. The Morgan fingerprint density at radius 1 is 1.22 bits per heavy atom. The summed E-state index contributed by atoms with van der Waals surface area (Å²) in [6.07, 6.45) is 0. The van der Waals surface area contributed by atoms with Gasteiger partial charge in [0, 0.05) is 5.39 Å². The van der Waals surface area contributed by atoms with Crippen LogP contribution in [-0.4, -0.2) is 33.9 Å². The summed E-state index contributed by atoms with van der Waals surface area (Å²) in [5.74, 6) is -1.55. The lowest BCUT2D eigenvalue weighted by molar-refractivity contribution is -0.158. The van der Waals surface area contributed by atoms with Gasteiger partial charge in [0.15, 0.2) is 6.61 Å². The summed E-state index contributed by atoms with van der Waals surface area (Å²) >= 11 is 1.20. The number of benzene rings is 1. The number of rotatable bonds is 4. The molecule has 3 aromatic rings. The van der Waals surface area contributed by atoms with Crippen LogP contribution in [0.5, 0.6) is 0 Å². The molecule has 142 valence electrons. The number of aromatic nitrogens is 2. The Morgan fingerprint density at radius 3 is 2.52 bits per heavy atom. The van der Waals surface area contributed by atoms with Gasteiger partial charge in [-0.05, 0) is 58.0 Å². The van der Waals surface area contributed by atoms with E-state index in [0.717, 1.165) is 15.9 Å². The fourth-order valence-electron chi connectivity index (χ4n) is 2.47. The number of carbonyl (C=O) groups is 2. The van der Waals surface area contributed by atoms with Crippen LogP contribution in [-0.2, 0) is 14.3 Å². The molecule has 2 aromatic heterocycles. The van der Waals surface area contributed by atoms with E-state index in [2.05, 4.69) is 5.10 Å². The molecule has 0 fully saturated rings.